The molecule has 4 saturated carbocycles. The van der Waals surface area contributed by atoms with Gasteiger partial charge in [-0.1, -0.05) is 0 Å². The number of quaternary nitrogens is 1. The molecule has 0 aromatic carbocycles. The average molecular weight is 238 g/mol. The zero-order chi connectivity index (χ0) is 12.0. The molecule has 4 bridgehead atoms. The Bertz CT molecular complexity index is 303. The van der Waals surface area contributed by atoms with E-state index in [4.69, 9.17) is 4.74 Å². The van der Waals surface area contributed by atoms with E-state index in [9.17, 15) is 4.79 Å². The summed E-state index contributed by atoms with van der Waals surface area (Å²) in [5.41, 5.74) is 4.34. The lowest BCUT2D eigenvalue weighted by Gasteiger charge is -2.38. The lowest BCUT2D eigenvalue weighted by atomic mass is 9.67. The van der Waals surface area contributed by atoms with Crippen LogP contribution in [0.4, 0.5) is 0 Å². The van der Waals surface area contributed by atoms with Gasteiger partial charge in [-0.15, -0.1) is 0 Å². The maximum atomic E-state index is 12.2. The zero-order valence-electron chi connectivity index (χ0n) is 10.7. The van der Waals surface area contributed by atoms with E-state index in [0.29, 0.717) is 24.5 Å². The van der Waals surface area contributed by atoms with Crippen molar-refractivity contribution in [2.24, 2.45) is 29.6 Å². The first kappa shape index (κ1) is 11.5. The van der Waals surface area contributed by atoms with Gasteiger partial charge in [0.05, 0.1) is 6.61 Å². The maximum Gasteiger partial charge on any atom is 0.315 e. The van der Waals surface area contributed by atoms with Gasteiger partial charge in [0.1, 0.15) is 12.0 Å². The minimum Gasteiger partial charge on any atom is -0.466 e. The first-order valence-electron chi connectivity index (χ1n) is 7.18. The number of carbonyl (C=O) groups is 1. The third-order valence-electron chi connectivity index (χ3n) is 5.34. The van der Waals surface area contributed by atoms with E-state index in [-0.39, 0.29) is 11.9 Å². The molecule has 0 aromatic rings. The van der Waals surface area contributed by atoms with Gasteiger partial charge >= 0.3 is 5.97 Å². The molecule has 4 atom stereocenters. The van der Waals surface area contributed by atoms with Crippen molar-refractivity contribution in [2.75, 3.05) is 6.61 Å². The molecule has 3 heteroatoms. The van der Waals surface area contributed by atoms with E-state index in [1.165, 1.54) is 32.1 Å². The number of hydrogen-bond donors (Lipinski definition) is 1. The lowest BCUT2D eigenvalue weighted by molar-refractivity contribution is -0.445. The van der Waals surface area contributed by atoms with Crippen LogP contribution in [-0.4, -0.2) is 18.6 Å². The normalized spacial score (nSPS) is 47.9. The first-order chi connectivity index (χ1) is 8.19. The molecule has 4 aliphatic rings. The van der Waals surface area contributed by atoms with Gasteiger partial charge in [-0.25, -0.2) is 0 Å². The predicted molar refractivity (Wildman–Crippen MR) is 63.8 cm³/mol. The monoisotopic (exact) mass is 238 g/mol. The van der Waals surface area contributed by atoms with Gasteiger partial charge in [-0.05, 0) is 56.8 Å². The van der Waals surface area contributed by atoms with Gasteiger partial charge in [0.2, 0.25) is 0 Å². The van der Waals surface area contributed by atoms with E-state index in [1.807, 2.05) is 6.92 Å². The van der Waals surface area contributed by atoms with Crippen molar-refractivity contribution in [3.05, 3.63) is 0 Å². The first-order valence-corrected chi connectivity index (χ1v) is 7.18. The van der Waals surface area contributed by atoms with E-state index >= 15 is 0 Å². The third kappa shape index (κ3) is 1.88. The van der Waals surface area contributed by atoms with E-state index < -0.39 is 0 Å². The topological polar surface area (TPSA) is 53.9 Å². The SMILES string of the molecule is CCOC(=O)C1C2CC3CC(CC(C3)C1[NH3+])C2. The second-order valence-electron chi connectivity index (χ2n) is 6.37. The van der Waals surface area contributed by atoms with Crippen LogP contribution in [0.2, 0.25) is 0 Å². The van der Waals surface area contributed by atoms with E-state index in [1.54, 1.807) is 0 Å². The third-order valence-corrected chi connectivity index (χ3v) is 5.34. The van der Waals surface area contributed by atoms with Crippen molar-refractivity contribution in [1.82, 2.24) is 0 Å². The Morgan fingerprint density at radius 2 is 1.71 bits per heavy atom. The summed E-state index contributed by atoms with van der Waals surface area (Å²) in [4.78, 5) is 12.2. The standard InChI is InChI=1S/C14H23NO2/c1-2-17-14(16)12-10-4-8-3-9(5-10)7-11(6-8)13(12)15/h8-13H,2-7,15H2,1H3/p+1. The van der Waals surface area contributed by atoms with E-state index in [2.05, 4.69) is 5.73 Å². The van der Waals surface area contributed by atoms with Gasteiger partial charge in [-0.3, -0.25) is 4.79 Å². The Hall–Kier alpha value is -0.570. The Kier molecular flexibility index (Phi) is 2.89. The number of fused-ring (bicyclic) bond motifs is 1. The summed E-state index contributed by atoms with van der Waals surface area (Å²) in [5, 5.41) is 0. The summed E-state index contributed by atoms with van der Waals surface area (Å²) in [7, 11) is 0. The molecular formula is C14H24NO2+. The van der Waals surface area contributed by atoms with Gasteiger partial charge < -0.3 is 10.5 Å². The van der Waals surface area contributed by atoms with Crippen LogP contribution in [0, 0.1) is 29.6 Å². The number of ether oxygens (including phenoxy) is 1. The smallest absolute Gasteiger partial charge is 0.315 e. The van der Waals surface area contributed by atoms with Crippen molar-refractivity contribution in [3.8, 4) is 0 Å². The highest BCUT2D eigenvalue weighted by molar-refractivity contribution is 5.73. The Morgan fingerprint density at radius 1 is 1.12 bits per heavy atom. The lowest BCUT2D eigenvalue weighted by Crippen LogP contribution is -2.69. The molecule has 4 rings (SSSR count). The van der Waals surface area contributed by atoms with Crippen LogP contribution in [0.1, 0.15) is 39.0 Å². The largest absolute Gasteiger partial charge is 0.466 e. The van der Waals surface area contributed by atoms with Crippen LogP contribution in [0.3, 0.4) is 0 Å². The van der Waals surface area contributed by atoms with Crippen LogP contribution >= 0.6 is 0 Å². The molecule has 3 nitrogen and oxygen atoms in total. The highest BCUT2D eigenvalue weighted by atomic mass is 16.5. The fourth-order valence-corrected chi connectivity index (χ4v) is 4.85. The van der Waals surface area contributed by atoms with Crippen molar-refractivity contribution >= 4 is 5.97 Å². The second-order valence-corrected chi connectivity index (χ2v) is 6.37. The Balaban J connectivity index is 1.86. The Labute approximate surface area is 103 Å². The van der Waals surface area contributed by atoms with Crippen LogP contribution in [0.25, 0.3) is 0 Å². The molecule has 0 spiro atoms. The average Bonchev–Trinajstić information content (AvgIpc) is 2.41. The van der Waals surface area contributed by atoms with Crippen molar-refractivity contribution in [3.63, 3.8) is 0 Å². The summed E-state index contributed by atoms with van der Waals surface area (Å²) in [6.45, 7) is 2.41. The van der Waals surface area contributed by atoms with Gasteiger partial charge in [0.15, 0.2) is 0 Å². The zero-order valence-corrected chi connectivity index (χ0v) is 10.7. The summed E-state index contributed by atoms with van der Waals surface area (Å²) in [6.07, 6.45) is 6.55. The maximum absolute atomic E-state index is 12.2. The van der Waals surface area contributed by atoms with Crippen LogP contribution in [0.15, 0.2) is 0 Å². The molecule has 4 unspecified atom stereocenters. The highest BCUT2D eigenvalue weighted by Gasteiger charge is 2.52. The number of rotatable bonds is 2. The molecule has 0 saturated heterocycles. The van der Waals surface area contributed by atoms with Gasteiger partial charge in [0.25, 0.3) is 0 Å². The molecule has 0 heterocycles. The molecule has 0 amide bonds. The fourth-order valence-electron chi connectivity index (χ4n) is 4.85. The van der Waals surface area contributed by atoms with Crippen molar-refractivity contribution in [2.45, 2.75) is 45.1 Å². The molecular weight excluding hydrogens is 214 g/mol. The van der Waals surface area contributed by atoms with Gasteiger partial charge in [-0.2, -0.15) is 0 Å². The minimum atomic E-state index is 0.0331. The number of hydrogen-bond acceptors (Lipinski definition) is 2. The van der Waals surface area contributed by atoms with Crippen LogP contribution in [-0.2, 0) is 9.53 Å². The number of esters is 1. The molecule has 4 aliphatic carbocycles. The second kappa shape index (κ2) is 4.27. The molecule has 0 radical (unpaired) electrons. The predicted octanol–water partition coefficient (Wildman–Crippen LogP) is 1.23. The van der Waals surface area contributed by atoms with Crippen LogP contribution in [0.5, 0.6) is 0 Å². The highest BCUT2D eigenvalue weighted by Crippen LogP contribution is 2.52. The Morgan fingerprint density at radius 3 is 2.29 bits per heavy atom. The van der Waals surface area contributed by atoms with Crippen molar-refractivity contribution in [1.29, 1.82) is 0 Å². The number of carbonyl (C=O) groups excluding carboxylic acids is 1. The van der Waals surface area contributed by atoms with Crippen molar-refractivity contribution < 1.29 is 15.3 Å². The summed E-state index contributed by atoms with van der Waals surface area (Å²) in [5.74, 6) is 3.12. The summed E-state index contributed by atoms with van der Waals surface area (Å²) in [6, 6.07) is 0.300. The molecule has 3 N–H and O–H groups in total. The molecule has 0 aliphatic heterocycles. The van der Waals surface area contributed by atoms with E-state index in [0.717, 1.165) is 11.8 Å². The quantitative estimate of drug-likeness (QED) is 0.736. The van der Waals surface area contributed by atoms with Crippen LogP contribution < -0.4 is 5.73 Å². The molecule has 96 valence electrons. The molecule has 4 fully saturated rings. The minimum absolute atomic E-state index is 0.0331. The summed E-state index contributed by atoms with van der Waals surface area (Å²) < 4.78 is 5.29. The van der Waals surface area contributed by atoms with Gasteiger partial charge in [0, 0.05) is 5.92 Å². The molecule has 17 heavy (non-hydrogen) atoms. The fraction of sp³-hybridized carbons (Fsp3) is 0.929. The summed E-state index contributed by atoms with van der Waals surface area (Å²) >= 11 is 0. The molecule has 0 aromatic heterocycles.